The van der Waals surface area contributed by atoms with Gasteiger partial charge in [-0.2, -0.15) is 10.2 Å². The molecule has 0 unspecified atom stereocenters. The average Bonchev–Trinajstić information content (AvgIpc) is 3.01. The quantitative estimate of drug-likeness (QED) is 0.717. The van der Waals surface area contributed by atoms with E-state index in [2.05, 4.69) is 41.0 Å². The number of hydrogen-bond donors (Lipinski definition) is 0. The molecule has 0 saturated carbocycles. The van der Waals surface area contributed by atoms with Crippen LogP contribution in [0.25, 0.3) is 11.0 Å². The van der Waals surface area contributed by atoms with E-state index in [1.165, 1.54) is 0 Å². The van der Waals surface area contributed by atoms with Gasteiger partial charge < -0.3 is 4.90 Å². The summed E-state index contributed by atoms with van der Waals surface area (Å²) < 4.78 is 4.77. The van der Waals surface area contributed by atoms with Crippen molar-refractivity contribution in [3.8, 4) is 0 Å². The highest BCUT2D eigenvalue weighted by molar-refractivity contribution is 9.10. The molecule has 21 heavy (non-hydrogen) atoms. The topological polar surface area (TPSA) is 64.7 Å². The average molecular weight is 348 g/mol. The summed E-state index contributed by atoms with van der Waals surface area (Å²) in [6, 6.07) is 0. The van der Waals surface area contributed by atoms with Gasteiger partial charge in [0.05, 0.1) is 22.3 Å². The molecule has 0 amide bonds. The third kappa shape index (κ3) is 2.19. The van der Waals surface area contributed by atoms with Gasteiger partial charge in [-0.05, 0) is 15.9 Å². The van der Waals surface area contributed by atoms with Crippen LogP contribution in [0.1, 0.15) is 0 Å². The minimum absolute atomic E-state index is 0.596. The fourth-order valence-electron chi connectivity index (χ4n) is 2.76. The zero-order chi connectivity index (χ0) is 14.4. The molecular formula is C13H14BrN7. The van der Waals surface area contributed by atoms with E-state index in [1.54, 1.807) is 11.0 Å². The van der Waals surface area contributed by atoms with Crippen LogP contribution in [0.5, 0.6) is 0 Å². The van der Waals surface area contributed by atoms with Crippen molar-refractivity contribution < 1.29 is 0 Å². The number of fused-ring (bicyclic) bond motifs is 1. The first-order valence-corrected chi connectivity index (χ1v) is 7.55. The minimum atomic E-state index is 0.596. The van der Waals surface area contributed by atoms with Crippen LogP contribution >= 0.6 is 15.9 Å². The second kappa shape index (κ2) is 4.80. The lowest BCUT2D eigenvalue weighted by atomic mass is 10.00. The van der Waals surface area contributed by atoms with Crippen molar-refractivity contribution in [3.63, 3.8) is 0 Å². The summed E-state index contributed by atoms with van der Waals surface area (Å²) in [6.07, 6.45) is 7.27. The van der Waals surface area contributed by atoms with Crippen molar-refractivity contribution in [2.75, 3.05) is 18.0 Å². The lowest BCUT2D eigenvalue weighted by Crippen LogP contribution is -2.49. The van der Waals surface area contributed by atoms with E-state index in [-0.39, 0.29) is 0 Å². The fraction of sp³-hybridized carbons (Fsp3) is 0.385. The lowest BCUT2D eigenvalue weighted by Gasteiger charge is -2.40. The van der Waals surface area contributed by atoms with Crippen LogP contribution in [0.4, 0.5) is 5.82 Å². The molecule has 7 nitrogen and oxygen atoms in total. The highest BCUT2D eigenvalue weighted by Crippen LogP contribution is 2.29. The summed E-state index contributed by atoms with van der Waals surface area (Å²) in [6.45, 7) is 2.90. The van der Waals surface area contributed by atoms with Crippen molar-refractivity contribution in [3.05, 3.63) is 29.4 Å². The van der Waals surface area contributed by atoms with E-state index in [0.29, 0.717) is 5.92 Å². The lowest BCUT2D eigenvalue weighted by molar-refractivity contribution is 0.341. The fourth-order valence-corrected chi connectivity index (χ4v) is 3.09. The number of hydrogen-bond acceptors (Lipinski definition) is 5. The van der Waals surface area contributed by atoms with Crippen molar-refractivity contribution in [1.29, 1.82) is 0 Å². The number of halogens is 1. The van der Waals surface area contributed by atoms with Gasteiger partial charge in [-0.25, -0.2) is 9.97 Å². The van der Waals surface area contributed by atoms with Gasteiger partial charge in [0.25, 0.3) is 0 Å². The summed E-state index contributed by atoms with van der Waals surface area (Å²) in [4.78, 5) is 11.0. The molecule has 8 heteroatoms. The molecule has 3 aromatic rings. The van der Waals surface area contributed by atoms with Gasteiger partial charge in [0.2, 0.25) is 0 Å². The van der Waals surface area contributed by atoms with Gasteiger partial charge >= 0.3 is 0 Å². The second-order valence-corrected chi connectivity index (χ2v) is 6.27. The predicted molar refractivity (Wildman–Crippen MR) is 81.9 cm³/mol. The van der Waals surface area contributed by atoms with Crippen molar-refractivity contribution in [1.82, 2.24) is 29.5 Å². The molecule has 0 spiro atoms. The molecule has 108 valence electrons. The third-order valence-electron chi connectivity index (χ3n) is 3.81. The number of nitrogens with zero attached hydrogens (tertiary/aromatic N) is 7. The number of aryl methyl sites for hydroxylation is 1. The Morgan fingerprint density at radius 2 is 2.10 bits per heavy atom. The van der Waals surface area contributed by atoms with Crippen LogP contribution in [0.2, 0.25) is 0 Å². The first-order valence-electron chi connectivity index (χ1n) is 6.76. The molecular weight excluding hydrogens is 334 g/mol. The molecule has 4 heterocycles. The molecule has 0 atom stereocenters. The Labute approximate surface area is 129 Å². The number of anilines is 1. The van der Waals surface area contributed by atoms with E-state index in [4.69, 9.17) is 0 Å². The summed E-state index contributed by atoms with van der Waals surface area (Å²) in [5, 5.41) is 9.57. The molecule has 0 radical (unpaired) electrons. The number of aromatic nitrogens is 6. The first-order chi connectivity index (χ1) is 10.2. The standard InChI is InChI=1S/C13H14BrN7/c1-19-12-11(3-17-19)13(16-8-15-12)20-4-9(5-20)6-21-7-10(14)2-18-21/h2-3,7-9H,4-6H2,1H3. The molecule has 1 saturated heterocycles. The van der Waals surface area contributed by atoms with E-state index in [9.17, 15) is 0 Å². The largest absolute Gasteiger partial charge is 0.355 e. The van der Waals surface area contributed by atoms with Gasteiger partial charge in [0.15, 0.2) is 5.65 Å². The van der Waals surface area contributed by atoms with Crippen LogP contribution in [-0.4, -0.2) is 42.6 Å². The number of rotatable bonds is 3. The zero-order valence-corrected chi connectivity index (χ0v) is 13.1. The minimum Gasteiger partial charge on any atom is -0.355 e. The molecule has 4 rings (SSSR count). The summed E-state index contributed by atoms with van der Waals surface area (Å²) in [5.41, 5.74) is 0.874. The van der Waals surface area contributed by atoms with Crippen LogP contribution < -0.4 is 4.90 Å². The maximum absolute atomic E-state index is 4.42. The third-order valence-corrected chi connectivity index (χ3v) is 4.22. The SMILES string of the molecule is Cn1ncc2c(N3CC(Cn4cc(Br)cn4)C3)ncnc21. The molecule has 1 fully saturated rings. The Bertz CT molecular complexity index is 787. The molecule has 0 aromatic carbocycles. The molecule has 3 aromatic heterocycles. The van der Waals surface area contributed by atoms with Gasteiger partial charge in [0, 0.05) is 38.8 Å². The van der Waals surface area contributed by atoms with E-state index < -0.39 is 0 Å². The molecule has 1 aliphatic rings. The van der Waals surface area contributed by atoms with E-state index in [0.717, 1.165) is 41.0 Å². The van der Waals surface area contributed by atoms with Gasteiger partial charge in [-0.3, -0.25) is 9.36 Å². The van der Waals surface area contributed by atoms with Crippen LogP contribution in [0.3, 0.4) is 0 Å². The van der Waals surface area contributed by atoms with Crippen molar-refractivity contribution in [2.45, 2.75) is 6.54 Å². The Balaban J connectivity index is 1.49. The van der Waals surface area contributed by atoms with Crippen LogP contribution in [-0.2, 0) is 13.6 Å². The molecule has 0 aliphatic carbocycles. The Kier molecular flexibility index (Phi) is 2.91. The van der Waals surface area contributed by atoms with Crippen molar-refractivity contribution >= 4 is 32.8 Å². The first kappa shape index (κ1) is 12.8. The summed E-state index contributed by atoms with van der Waals surface area (Å²) >= 11 is 3.42. The van der Waals surface area contributed by atoms with Gasteiger partial charge in [-0.1, -0.05) is 0 Å². The highest BCUT2D eigenvalue weighted by atomic mass is 79.9. The molecule has 0 bridgehead atoms. The van der Waals surface area contributed by atoms with Crippen molar-refractivity contribution in [2.24, 2.45) is 13.0 Å². The molecule has 0 N–H and O–H groups in total. The maximum atomic E-state index is 4.42. The van der Waals surface area contributed by atoms with E-state index in [1.807, 2.05) is 30.3 Å². The maximum Gasteiger partial charge on any atom is 0.163 e. The summed E-state index contributed by atoms with van der Waals surface area (Å²) in [5.74, 6) is 1.57. The zero-order valence-electron chi connectivity index (χ0n) is 11.5. The van der Waals surface area contributed by atoms with E-state index >= 15 is 0 Å². The Morgan fingerprint density at radius 1 is 1.24 bits per heavy atom. The second-order valence-electron chi connectivity index (χ2n) is 5.35. The predicted octanol–water partition coefficient (Wildman–Crippen LogP) is 1.46. The smallest absolute Gasteiger partial charge is 0.163 e. The normalized spacial score (nSPS) is 15.6. The van der Waals surface area contributed by atoms with Gasteiger partial charge in [-0.15, -0.1) is 0 Å². The summed E-state index contributed by atoms with van der Waals surface area (Å²) in [7, 11) is 1.90. The van der Waals surface area contributed by atoms with Gasteiger partial charge in [0.1, 0.15) is 12.1 Å². The molecule has 1 aliphatic heterocycles. The monoisotopic (exact) mass is 347 g/mol. The Hall–Kier alpha value is -1.96. The Morgan fingerprint density at radius 3 is 2.86 bits per heavy atom. The van der Waals surface area contributed by atoms with Crippen LogP contribution in [0, 0.1) is 5.92 Å². The van der Waals surface area contributed by atoms with Crippen LogP contribution in [0.15, 0.2) is 29.4 Å². The highest BCUT2D eigenvalue weighted by Gasteiger charge is 2.29.